The minimum atomic E-state index is -0.593. The summed E-state index contributed by atoms with van der Waals surface area (Å²) in [6.45, 7) is 3.09. The van der Waals surface area contributed by atoms with Gasteiger partial charge in [-0.1, -0.05) is 0 Å². The van der Waals surface area contributed by atoms with Gasteiger partial charge in [0.05, 0.1) is 12.2 Å². The zero-order valence-corrected chi connectivity index (χ0v) is 18.7. The fourth-order valence-corrected chi connectivity index (χ4v) is 0. The molecule has 0 rings (SSSR count). The molecule has 0 aromatic rings. The summed E-state index contributed by atoms with van der Waals surface area (Å²) in [5.74, 6) is 0. The van der Waals surface area contributed by atoms with E-state index in [1.165, 1.54) is 0 Å². The van der Waals surface area contributed by atoms with Crippen molar-refractivity contribution in [3.8, 4) is 0 Å². The Balaban J connectivity index is -0.000000105. The van der Waals surface area contributed by atoms with Crippen LogP contribution in [0.2, 0.25) is 0 Å². The van der Waals surface area contributed by atoms with Crippen LogP contribution < -0.4 is 0 Å². The van der Waals surface area contributed by atoms with Crippen LogP contribution in [-0.4, -0.2) is 22.4 Å². The summed E-state index contributed by atoms with van der Waals surface area (Å²) in [6, 6.07) is 0. The molecule has 2 N–H and O–H groups in total. The second kappa shape index (κ2) is 17.5. The Bertz CT molecular complexity index is 40.2. The molecule has 0 radical (unpaired) electrons. The normalized spacial score (nSPS) is 13.4. The first kappa shape index (κ1) is 18.2. The van der Waals surface area contributed by atoms with E-state index in [0.29, 0.717) is 49.8 Å². The molecule has 56 valence electrons. The molecule has 6 heteroatoms. The molecule has 0 saturated heterocycles. The third kappa shape index (κ3) is 22.4. The maximum absolute atomic E-state index is 8.38. The number of aliphatic hydroxyl groups is 2. The molecule has 2 nitrogen and oxygen atoms in total. The Hall–Kier alpha value is 2.37. The molecular formula is C4H10Cl2Hg2O2. The Labute approximate surface area is 101 Å². The van der Waals surface area contributed by atoms with E-state index in [4.69, 9.17) is 26.7 Å². The van der Waals surface area contributed by atoms with Gasteiger partial charge in [0.1, 0.15) is 0 Å². The molecule has 0 amide bonds. The van der Waals surface area contributed by atoms with Crippen molar-refractivity contribution in [1.29, 1.82) is 0 Å². The predicted octanol–water partition coefficient (Wildman–Crippen LogP) is 1.12. The Morgan fingerprint density at radius 1 is 0.900 bits per heavy atom. The third-order valence-electron chi connectivity index (χ3n) is 0.698. The van der Waals surface area contributed by atoms with Gasteiger partial charge >= 0.3 is 66.3 Å². The summed E-state index contributed by atoms with van der Waals surface area (Å²) in [5, 5.41) is 16.8. The molecule has 0 saturated carbocycles. The van der Waals surface area contributed by atoms with E-state index in [1.54, 1.807) is 13.8 Å². The summed E-state index contributed by atoms with van der Waals surface area (Å²) >= 11 is 1.00. The molecule has 10 heavy (non-hydrogen) atoms. The zero-order chi connectivity index (χ0) is 9.15. The summed E-state index contributed by atoms with van der Waals surface area (Å²) in [5.41, 5.74) is 0. The summed E-state index contributed by atoms with van der Waals surface area (Å²) in [4.78, 5) is 0. The van der Waals surface area contributed by atoms with Gasteiger partial charge in [0.15, 0.2) is 0 Å². The van der Waals surface area contributed by atoms with Crippen LogP contribution >= 0.6 is 16.5 Å². The number of hydrogen-bond donors (Lipinski definition) is 2. The van der Waals surface area contributed by atoms with Gasteiger partial charge in [-0.2, -0.15) is 0 Å². The Morgan fingerprint density at radius 3 is 1.00 bits per heavy atom. The Kier molecular flexibility index (Phi) is 31.8. The van der Waals surface area contributed by atoms with Crippen molar-refractivity contribution in [2.75, 3.05) is 0 Å². The van der Waals surface area contributed by atoms with E-state index >= 15 is 0 Å². The van der Waals surface area contributed by atoms with Crippen LogP contribution in [0.4, 0.5) is 0 Å². The fraction of sp³-hybridized carbons (Fsp3) is 1.00. The molecule has 0 aromatic carbocycles. The molecule has 0 aliphatic carbocycles. The third-order valence-corrected chi connectivity index (χ3v) is 0.698. The first-order valence-corrected chi connectivity index (χ1v) is 16.1. The fourth-order valence-electron chi connectivity index (χ4n) is 0. The number of rotatable bonds is 1. The van der Waals surface area contributed by atoms with Crippen molar-refractivity contribution in [2.24, 2.45) is 0 Å². The van der Waals surface area contributed by atoms with Gasteiger partial charge in [-0.15, -0.1) is 0 Å². The molecular weight excluding hydrogens is 552 g/mol. The SMILES string of the molecule is CC(O)C(C)O.[Cl][Hg].[Cl][Hg]. The van der Waals surface area contributed by atoms with Crippen LogP contribution in [0.25, 0.3) is 0 Å². The monoisotopic (exact) mass is 564 g/mol. The van der Waals surface area contributed by atoms with Crippen molar-refractivity contribution in [3.63, 3.8) is 0 Å². The molecule has 0 fully saturated rings. The van der Waals surface area contributed by atoms with Gasteiger partial charge in [0.2, 0.25) is 0 Å². The molecule has 0 aliphatic heterocycles. The van der Waals surface area contributed by atoms with Crippen molar-refractivity contribution in [3.05, 3.63) is 0 Å². The van der Waals surface area contributed by atoms with Crippen molar-refractivity contribution < 1.29 is 60.0 Å². The van der Waals surface area contributed by atoms with E-state index in [0.717, 1.165) is 0 Å². The molecule has 0 bridgehead atoms. The molecule has 0 spiro atoms. The van der Waals surface area contributed by atoms with E-state index in [9.17, 15) is 0 Å². The summed E-state index contributed by atoms with van der Waals surface area (Å²) in [7, 11) is 9.67. The van der Waals surface area contributed by atoms with Crippen molar-refractivity contribution >= 4 is 16.5 Å². The number of hydrogen-bond acceptors (Lipinski definition) is 2. The van der Waals surface area contributed by atoms with Crippen LogP contribution in [0.15, 0.2) is 0 Å². The van der Waals surface area contributed by atoms with Crippen molar-refractivity contribution in [1.82, 2.24) is 0 Å². The second-order valence-electron chi connectivity index (χ2n) is 1.48. The van der Waals surface area contributed by atoms with Crippen LogP contribution in [-0.2, 0) is 49.8 Å². The molecule has 0 aliphatic rings. The summed E-state index contributed by atoms with van der Waals surface area (Å²) in [6.07, 6.45) is -1.19. The topological polar surface area (TPSA) is 40.5 Å². The number of aliphatic hydroxyl groups excluding tert-OH is 2. The van der Waals surface area contributed by atoms with Gasteiger partial charge in [-0.05, 0) is 13.8 Å². The van der Waals surface area contributed by atoms with Gasteiger partial charge in [-0.3, -0.25) is 0 Å². The summed E-state index contributed by atoms with van der Waals surface area (Å²) < 4.78 is 0. The van der Waals surface area contributed by atoms with Crippen LogP contribution in [0.3, 0.4) is 0 Å². The second-order valence-corrected chi connectivity index (χ2v) is 1.48. The molecule has 2 unspecified atom stereocenters. The van der Waals surface area contributed by atoms with Gasteiger partial charge in [-0.25, -0.2) is 0 Å². The van der Waals surface area contributed by atoms with E-state index in [2.05, 4.69) is 0 Å². The van der Waals surface area contributed by atoms with Crippen LogP contribution in [0, 0.1) is 0 Å². The zero-order valence-electron chi connectivity index (χ0n) is 6.22. The first-order chi connectivity index (χ1) is 4.64. The average Bonchev–Trinajstić information content (AvgIpc) is 1.96. The first-order valence-electron chi connectivity index (χ1n) is 2.54. The van der Waals surface area contributed by atoms with Gasteiger partial charge in [0.25, 0.3) is 0 Å². The van der Waals surface area contributed by atoms with Crippen molar-refractivity contribution in [2.45, 2.75) is 26.1 Å². The average molecular weight is 562 g/mol. The van der Waals surface area contributed by atoms with Gasteiger partial charge < -0.3 is 10.2 Å². The standard InChI is InChI=1S/C4H10O2.2ClH.2Hg/c1-3(5)4(2)6;;;;/h3-6H,1-2H3;2*1H;;/q;;;2*+1/p-2. The molecule has 0 aromatic heterocycles. The van der Waals surface area contributed by atoms with Crippen LogP contribution in [0.1, 0.15) is 13.8 Å². The maximum atomic E-state index is 8.38. The van der Waals surface area contributed by atoms with Gasteiger partial charge in [0, 0.05) is 0 Å². The molecule has 2 atom stereocenters. The van der Waals surface area contributed by atoms with E-state index < -0.39 is 12.2 Å². The van der Waals surface area contributed by atoms with E-state index in [-0.39, 0.29) is 0 Å². The quantitative estimate of drug-likeness (QED) is 0.471. The predicted molar refractivity (Wildman–Crippen MR) is 35.1 cm³/mol. The van der Waals surface area contributed by atoms with Crippen LogP contribution in [0.5, 0.6) is 0 Å². The minimum absolute atomic E-state index is 0.500. The number of halogens is 2. The molecule has 0 heterocycles. The van der Waals surface area contributed by atoms with E-state index in [1.807, 2.05) is 0 Å². The Morgan fingerprint density at radius 2 is 1.00 bits per heavy atom.